The fraction of sp³-hybridized carbons (Fsp3) is 0. The minimum atomic E-state index is 0.160. The Morgan fingerprint density at radius 3 is 2.30 bits per heavy atom. The predicted octanol–water partition coefficient (Wildman–Crippen LogP) is 4.54. The molecule has 0 bridgehead atoms. The third-order valence-corrected chi connectivity index (χ3v) is 4.35. The molecular weight excluding hydrogens is 244 g/mol. The Morgan fingerprint density at radius 1 is 0.550 bits per heavy atom. The van der Waals surface area contributed by atoms with Crippen molar-refractivity contribution >= 4 is 43.1 Å². The molecule has 0 heterocycles. The molecule has 0 aliphatic rings. The average molecular weight is 254 g/mol. The van der Waals surface area contributed by atoms with Gasteiger partial charge >= 0.3 is 0 Å². The molecule has 0 unspecified atom stereocenters. The van der Waals surface area contributed by atoms with Crippen molar-refractivity contribution in [2.75, 3.05) is 0 Å². The number of hydrogen-bond acceptors (Lipinski definition) is 1. The first-order chi connectivity index (χ1) is 9.84. The minimum absolute atomic E-state index is 0.160. The van der Waals surface area contributed by atoms with Crippen LogP contribution in [0, 0.1) is 0 Å². The molecule has 0 aliphatic carbocycles. The van der Waals surface area contributed by atoms with Crippen LogP contribution in [0.25, 0.3) is 43.1 Å². The summed E-state index contributed by atoms with van der Waals surface area (Å²) in [6, 6.07) is 20.6. The van der Waals surface area contributed by atoms with Crippen molar-refractivity contribution in [3.63, 3.8) is 0 Å². The average Bonchev–Trinajstić information content (AvgIpc) is 2.79. The lowest BCUT2D eigenvalue weighted by Gasteiger charge is -2.06. The Bertz CT molecular complexity index is 1150. The third-order valence-electron chi connectivity index (χ3n) is 4.35. The molecule has 0 spiro atoms. The summed E-state index contributed by atoms with van der Waals surface area (Å²) in [6.07, 6.45) is 0. The standard InChI is InChI=1S/C19H10O/c20-19-15-7-3-5-11-8-9-14-13-6-2-1-4-12(13)10-16(19)18(14)17(11)15/h1-10H. The van der Waals surface area contributed by atoms with Crippen molar-refractivity contribution in [3.05, 3.63) is 70.9 Å². The molecule has 1 nitrogen and oxygen atoms in total. The lowest BCUT2D eigenvalue weighted by Crippen LogP contribution is -1.93. The van der Waals surface area contributed by atoms with Crippen LogP contribution in [0.3, 0.4) is 0 Å². The molecule has 5 aromatic rings. The second kappa shape index (κ2) is 3.26. The van der Waals surface area contributed by atoms with Crippen molar-refractivity contribution in [1.29, 1.82) is 0 Å². The van der Waals surface area contributed by atoms with Crippen molar-refractivity contribution in [1.82, 2.24) is 0 Å². The number of fused-ring (bicyclic) bond motifs is 2. The molecule has 0 saturated carbocycles. The molecule has 1 heteroatoms. The second-order valence-corrected chi connectivity index (χ2v) is 5.37. The van der Waals surface area contributed by atoms with E-state index in [0.717, 1.165) is 32.3 Å². The van der Waals surface area contributed by atoms with Gasteiger partial charge in [0.05, 0.1) is 0 Å². The van der Waals surface area contributed by atoms with Crippen molar-refractivity contribution in [3.8, 4) is 0 Å². The van der Waals surface area contributed by atoms with E-state index < -0.39 is 0 Å². The van der Waals surface area contributed by atoms with Gasteiger partial charge in [0, 0.05) is 21.5 Å². The largest absolute Gasteiger partial charge is 0.289 e. The Kier molecular flexibility index (Phi) is 1.65. The summed E-state index contributed by atoms with van der Waals surface area (Å²) < 4.78 is 0. The summed E-state index contributed by atoms with van der Waals surface area (Å²) in [7, 11) is 0. The summed E-state index contributed by atoms with van der Waals surface area (Å²) in [5, 5.41) is 8.64. The maximum absolute atomic E-state index is 12.6. The zero-order chi connectivity index (χ0) is 13.3. The molecule has 5 aromatic carbocycles. The van der Waals surface area contributed by atoms with Gasteiger partial charge in [-0.1, -0.05) is 54.6 Å². The highest BCUT2D eigenvalue weighted by atomic mass is 16.1. The SMILES string of the molecule is O=c1c2cccc3ccc4c5ccccc5cc1c4c32. The zero-order valence-corrected chi connectivity index (χ0v) is 10.7. The van der Waals surface area contributed by atoms with E-state index in [1.165, 1.54) is 10.8 Å². The highest BCUT2D eigenvalue weighted by Gasteiger charge is 2.16. The molecule has 0 atom stereocenters. The van der Waals surface area contributed by atoms with Gasteiger partial charge in [-0.3, -0.25) is 4.79 Å². The summed E-state index contributed by atoms with van der Waals surface area (Å²) in [6.45, 7) is 0. The van der Waals surface area contributed by atoms with Crippen molar-refractivity contribution in [2.45, 2.75) is 0 Å². The number of rotatable bonds is 0. The lowest BCUT2D eigenvalue weighted by atomic mass is 9.97. The van der Waals surface area contributed by atoms with Gasteiger partial charge in [0.25, 0.3) is 0 Å². The smallest absolute Gasteiger partial charge is 0.194 e. The van der Waals surface area contributed by atoms with E-state index in [0.29, 0.717) is 0 Å². The van der Waals surface area contributed by atoms with Gasteiger partial charge in [-0.2, -0.15) is 0 Å². The van der Waals surface area contributed by atoms with Gasteiger partial charge in [0.2, 0.25) is 0 Å². The summed E-state index contributed by atoms with van der Waals surface area (Å²) >= 11 is 0. The molecule has 0 N–H and O–H groups in total. The fourth-order valence-corrected chi connectivity index (χ4v) is 3.49. The first kappa shape index (κ1) is 10.2. The van der Waals surface area contributed by atoms with Gasteiger partial charge in [-0.15, -0.1) is 0 Å². The molecular formula is C19H10O. The van der Waals surface area contributed by atoms with Gasteiger partial charge in [0.15, 0.2) is 5.43 Å². The van der Waals surface area contributed by atoms with Gasteiger partial charge in [0.1, 0.15) is 0 Å². The Labute approximate surface area is 114 Å². The Morgan fingerprint density at radius 2 is 1.35 bits per heavy atom. The van der Waals surface area contributed by atoms with E-state index >= 15 is 0 Å². The predicted molar refractivity (Wildman–Crippen MR) is 85.1 cm³/mol. The molecule has 0 saturated heterocycles. The molecule has 92 valence electrons. The van der Waals surface area contributed by atoms with Gasteiger partial charge in [-0.25, -0.2) is 0 Å². The van der Waals surface area contributed by atoms with Crippen LogP contribution in [-0.2, 0) is 0 Å². The maximum Gasteiger partial charge on any atom is 0.194 e. The van der Waals surface area contributed by atoms with Crippen molar-refractivity contribution in [2.24, 2.45) is 0 Å². The normalized spacial score (nSPS) is 12.2. The van der Waals surface area contributed by atoms with Crippen LogP contribution >= 0.6 is 0 Å². The molecule has 0 aliphatic heterocycles. The molecule has 0 aromatic heterocycles. The Balaban J connectivity index is 2.31. The fourth-order valence-electron chi connectivity index (χ4n) is 3.49. The van der Waals surface area contributed by atoms with Crippen LogP contribution < -0.4 is 5.43 Å². The van der Waals surface area contributed by atoms with Crippen LogP contribution in [0.1, 0.15) is 0 Å². The molecule has 5 rings (SSSR count). The van der Waals surface area contributed by atoms with Crippen LogP contribution in [-0.4, -0.2) is 0 Å². The first-order valence-electron chi connectivity index (χ1n) is 6.76. The molecule has 0 radical (unpaired) electrons. The van der Waals surface area contributed by atoms with E-state index in [-0.39, 0.29) is 5.43 Å². The third kappa shape index (κ3) is 1.03. The molecule has 20 heavy (non-hydrogen) atoms. The summed E-state index contributed by atoms with van der Waals surface area (Å²) in [5.41, 5.74) is 0.160. The lowest BCUT2D eigenvalue weighted by molar-refractivity contribution is 1.81. The second-order valence-electron chi connectivity index (χ2n) is 5.37. The highest BCUT2D eigenvalue weighted by Crippen LogP contribution is 2.37. The highest BCUT2D eigenvalue weighted by molar-refractivity contribution is 6.31. The van der Waals surface area contributed by atoms with Crippen LogP contribution in [0.4, 0.5) is 0 Å². The molecule has 0 fully saturated rings. The first-order valence-corrected chi connectivity index (χ1v) is 6.76. The zero-order valence-electron chi connectivity index (χ0n) is 10.7. The topological polar surface area (TPSA) is 17.1 Å². The van der Waals surface area contributed by atoms with E-state index in [9.17, 15) is 4.79 Å². The molecule has 0 amide bonds. The van der Waals surface area contributed by atoms with Crippen LogP contribution in [0.15, 0.2) is 65.5 Å². The maximum atomic E-state index is 12.6. The van der Waals surface area contributed by atoms with E-state index in [1.54, 1.807) is 0 Å². The summed E-state index contributed by atoms with van der Waals surface area (Å²) in [5.74, 6) is 0. The number of benzene rings is 4. The van der Waals surface area contributed by atoms with E-state index in [2.05, 4.69) is 36.4 Å². The van der Waals surface area contributed by atoms with Crippen LogP contribution in [0.2, 0.25) is 0 Å². The van der Waals surface area contributed by atoms with E-state index in [1.807, 2.05) is 24.3 Å². The number of hydrogen-bond donors (Lipinski definition) is 0. The quantitative estimate of drug-likeness (QED) is 0.371. The van der Waals surface area contributed by atoms with Crippen molar-refractivity contribution < 1.29 is 0 Å². The summed E-state index contributed by atoms with van der Waals surface area (Å²) in [4.78, 5) is 12.6. The minimum Gasteiger partial charge on any atom is -0.289 e. The Hall–Kier alpha value is -2.67. The van der Waals surface area contributed by atoms with Crippen LogP contribution in [0.5, 0.6) is 0 Å². The monoisotopic (exact) mass is 254 g/mol. The van der Waals surface area contributed by atoms with Gasteiger partial charge < -0.3 is 0 Å². The van der Waals surface area contributed by atoms with E-state index in [4.69, 9.17) is 0 Å². The van der Waals surface area contributed by atoms with Gasteiger partial charge in [-0.05, 0) is 27.6 Å².